The smallest absolute Gasteiger partial charge is 0.124 e. The van der Waals surface area contributed by atoms with Crippen molar-refractivity contribution in [2.45, 2.75) is 39.3 Å². The summed E-state index contributed by atoms with van der Waals surface area (Å²) in [7, 11) is 3.22. The quantitative estimate of drug-likeness (QED) is 0.769. The summed E-state index contributed by atoms with van der Waals surface area (Å²) in [6, 6.07) is 5.83. The summed E-state index contributed by atoms with van der Waals surface area (Å²) in [5.41, 5.74) is 0.746. The lowest BCUT2D eigenvalue weighted by atomic mass is 10.0. The molecule has 0 heterocycles. The minimum atomic E-state index is -0.616. The van der Waals surface area contributed by atoms with Crippen LogP contribution in [0.5, 0.6) is 11.5 Å². The molecule has 2 atom stereocenters. The van der Waals surface area contributed by atoms with Crippen molar-refractivity contribution in [3.63, 3.8) is 0 Å². The highest BCUT2D eigenvalue weighted by Crippen LogP contribution is 2.29. The predicted molar refractivity (Wildman–Crippen MR) is 81.4 cm³/mol. The van der Waals surface area contributed by atoms with E-state index in [2.05, 4.69) is 26.1 Å². The highest BCUT2D eigenvalue weighted by Gasteiger charge is 2.15. The van der Waals surface area contributed by atoms with Gasteiger partial charge in [-0.25, -0.2) is 0 Å². The lowest BCUT2D eigenvalue weighted by molar-refractivity contribution is 0.164. The number of benzene rings is 1. The fourth-order valence-electron chi connectivity index (χ4n) is 2.31. The molecule has 1 aromatic carbocycles. The summed E-state index contributed by atoms with van der Waals surface area (Å²) in [4.78, 5) is 0. The van der Waals surface area contributed by atoms with Crippen molar-refractivity contribution >= 4 is 0 Å². The number of nitrogens with one attached hydrogen (secondary N) is 1. The van der Waals surface area contributed by atoms with E-state index in [0.717, 1.165) is 17.7 Å². The molecule has 1 aromatic rings. The molecule has 114 valence electrons. The van der Waals surface area contributed by atoms with Gasteiger partial charge in [-0.15, -0.1) is 0 Å². The van der Waals surface area contributed by atoms with Crippen molar-refractivity contribution in [3.8, 4) is 11.5 Å². The highest BCUT2D eigenvalue weighted by molar-refractivity contribution is 5.41. The van der Waals surface area contributed by atoms with Crippen molar-refractivity contribution in [3.05, 3.63) is 23.8 Å². The second-order valence-corrected chi connectivity index (χ2v) is 5.56. The standard InChI is InChI=1S/C16H27NO3/c1-11(2)8-12(3)17-10-15(18)14-9-13(19-4)6-7-16(14)20-5/h6-7,9,11-12,15,17-18H,8,10H2,1-5H3. The molecule has 4 heteroatoms. The SMILES string of the molecule is COc1ccc(OC)c(C(O)CNC(C)CC(C)C)c1. The normalized spacial score (nSPS) is 14.2. The Balaban J connectivity index is 2.68. The summed E-state index contributed by atoms with van der Waals surface area (Å²) in [5.74, 6) is 2.03. The van der Waals surface area contributed by atoms with E-state index in [4.69, 9.17) is 9.47 Å². The maximum absolute atomic E-state index is 10.3. The van der Waals surface area contributed by atoms with Gasteiger partial charge in [0, 0.05) is 18.2 Å². The molecule has 20 heavy (non-hydrogen) atoms. The summed E-state index contributed by atoms with van der Waals surface area (Å²) in [5, 5.41) is 13.7. The molecular formula is C16H27NO3. The van der Waals surface area contributed by atoms with Crippen molar-refractivity contribution < 1.29 is 14.6 Å². The molecular weight excluding hydrogens is 254 g/mol. The number of aliphatic hydroxyl groups is 1. The molecule has 1 rings (SSSR count). The first-order valence-corrected chi connectivity index (χ1v) is 7.11. The first kappa shape index (κ1) is 16.8. The molecule has 0 aliphatic heterocycles. The monoisotopic (exact) mass is 281 g/mol. The topological polar surface area (TPSA) is 50.7 Å². The molecule has 0 aliphatic carbocycles. The van der Waals surface area contributed by atoms with Crippen molar-refractivity contribution in [1.29, 1.82) is 0 Å². The van der Waals surface area contributed by atoms with Crippen LogP contribution >= 0.6 is 0 Å². The molecule has 2 unspecified atom stereocenters. The number of hydrogen-bond acceptors (Lipinski definition) is 4. The van der Waals surface area contributed by atoms with E-state index in [1.807, 2.05) is 18.2 Å². The molecule has 0 fully saturated rings. The molecule has 0 aromatic heterocycles. The Labute approximate surface area is 122 Å². The van der Waals surface area contributed by atoms with E-state index in [-0.39, 0.29) is 0 Å². The van der Waals surface area contributed by atoms with Crippen molar-refractivity contribution in [2.24, 2.45) is 5.92 Å². The third kappa shape index (κ3) is 5.02. The largest absolute Gasteiger partial charge is 0.497 e. The van der Waals surface area contributed by atoms with Gasteiger partial charge in [0.05, 0.1) is 20.3 Å². The van der Waals surface area contributed by atoms with Crippen LogP contribution in [0.3, 0.4) is 0 Å². The van der Waals surface area contributed by atoms with Gasteiger partial charge in [-0.3, -0.25) is 0 Å². The van der Waals surface area contributed by atoms with Gasteiger partial charge in [0.15, 0.2) is 0 Å². The third-order valence-corrected chi connectivity index (χ3v) is 3.28. The van der Waals surface area contributed by atoms with Crippen LogP contribution in [0, 0.1) is 5.92 Å². The molecule has 0 saturated carbocycles. The van der Waals surface area contributed by atoms with Crippen LogP contribution < -0.4 is 14.8 Å². The second kappa shape index (κ2) is 8.12. The Morgan fingerprint density at radius 2 is 1.85 bits per heavy atom. The second-order valence-electron chi connectivity index (χ2n) is 5.56. The van der Waals surface area contributed by atoms with Crippen LogP contribution in [0.25, 0.3) is 0 Å². The maximum Gasteiger partial charge on any atom is 0.124 e. The zero-order valence-corrected chi connectivity index (χ0v) is 13.1. The number of aliphatic hydroxyl groups excluding tert-OH is 1. The average molecular weight is 281 g/mol. The maximum atomic E-state index is 10.3. The molecule has 0 radical (unpaired) electrons. The van der Waals surface area contributed by atoms with Crippen LogP contribution in [-0.2, 0) is 0 Å². The van der Waals surface area contributed by atoms with E-state index in [1.165, 1.54) is 0 Å². The Morgan fingerprint density at radius 1 is 1.15 bits per heavy atom. The van der Waals surface area contributed by atoms with E-state index < -0.39 is 6.10 Å². The van der Waals surface area contributed by atoms with Gasteiger partial charge in [-0.2, -0.15) is 0 Å². The lowest BCUT2D eigenvalue weighted by Gasteiger charge is -2.20. The van der Waals surface area contributed by atoms with Gasteiger partial charge in [0.1, 0.15) is 11.5 Å². The molecule has 0 spiro atoms. The molecule has 0 bridgehead atoms. The summed E-state index contributed by atoms with van der Waals surface area (Å²) in [6.07, 6.45) is 0.469. The van der Waals surface area contributed by atoms with Gasteiger partial charge < -0.3 is 19.9 Å². The van der Waals surface area contributed by atoms with Gasteiger partial charge in [0.2, 0.25) is 0 Å². The van der Waals surface area contributed by atoms with Crippen LogP contribution in [-0.4, -0.2) is 31.9 Å². The zero-order valence-electron chi connectivity index (χ0n) is 13.1. The molecule has 0 saturated heterocycles. The van der Waals surface area contributed by atoms with Crippen molar-refractivity contribution in [2.75, 3.05) is 20.8 Å². The van der Waals surface area contributed by atoms with E-state index in [9.17, 15) is 5.11 Å². The van der Waals surface area contributed by atoms with E-state index in [0.29, 0.717) is 24.3 Å². The number of rotatable bonds is 8. The zero-order chi connectivity index (χ0) is 15.1. The summed E-state index contributed by atoms with van der Waals surface area (Å²) < 4.78 is 10.5. The number of methoxy groups -OCH3 is 2. The Hall–Kier alpha value is -1.26. The van der Waals surface area contributed by atoms with Gasteiger partial charge in [0.25, 0.3) is 0 Å². The van der Waals surface area contributed by atoms with Gasteiger partial charge in [-0.1, -0.05) is 13.8 Å². The Bertz CT molecular complexity index is 407. The Morgan fingerprint density at radius 3 is 2.40 bits per heavy atom. The highest BCUT2D eigenvalue weighted by atomic mass is 16.5. The molecule has 0 aliphatic rings. The summed E-state index contributed by atoms with van der Waals surface area (Å²) >= 11 is 0. The molecule has 0 amide bonds. The number of ether oxygens (including phenoxy) is 2. The minimum absolute atomic E-state index is 0.376. The first-order chi connectivity index (χ1) is 9.47. The first-order valence-electron chi connectivity index (χ1n) is 7.11. The van der Waals surface area contributed by atoms with Gasteiger partial charge in [-0.05, 0) is 37.5 Å². The molecule has 4 nitrogen and oxygen atoms in total. The fourth-order valence-corrected chi connectivity index (χ4v) is 2.31. The summed E-state index contributed by atoms with van der Waals surface area (Å²) in [6.45, 7) is 7.02. The molecule has 2 N–H and O–H groups in total. The van der Waals surface area contributed by atoms with Gasteiger partial charge >= 0.3 is 0 Å². The Kier molecular flexibility index (Phi) is 6.82. The fraction of sp³-hybridized carbons (Fsp3) is 0.625. The lowest BCUT2D eigenvalue weighted by Crippen LogP contribution is -2.31. The third-order valence-electron chi connectivity index (χ3n) is 3.28. The predicted octanol–water partition coefficient (Wildman–Crippen LogP) is 2.76. The average Bonchev–Trinajstić information content (AvgIpc) is 2.43. The van der Waals surface area contributed by atoms with Crippen molar-refractivity contribution in [1.82, 2.24) is 5.32 Å². The van der Waals surface area contributed by atoms with E-state index in [1.54, 1.807) is 14.2 Å². The number of hydrogen-bond donors (Lipinski definition) is 2. The van der Waals surface area contributed by atoms with Crippen LogP contribution in [0.2, 0.25) is 0 Å². The minimum Gasteiger partial charge on any atom is -0.497 e. The van der Waals surface area contributed by atoms with Crippen LogP contribution in [0.15, 0.2) is 18.2 Å². The van der Waals surface area contributed by atoms with E-state index >= 15 is 0 Å². The van der Waals surface area contributed by atoms with Crippen LogP contribution in [0.4, 0.5) is 0 Å². The van der Waals surface area contributed by atoms with Crippen LogP contribution in [0.1, 0.15) is 38.9 Å².